The average Bonchev–Trinajstić information content (AvgIpc) is 2.11. The van der Waals surface area contributed by atoms with Gasteiger partial charge in [0.1, 0.15) is 0 Å². The third-order valence-corrected chi connectivity index (χ3v) is 3.65. The fraction of sp³-hybridized carbons (Fsp3) is 0.769. The zero-order chi connectivity index (χ0) is 14.6. The van der Waals surface area contributed by atoms with Crippen LogP contribution in [0.1, 0.15) is 46.5 Å². The Hall–Kier alpha value is -1.59. The number of carboxylic acid groups (broad SMARTS) is 1. The van der Waals surface area contributed by atoms with Gasteiger partial charge in [-0.05, 0) is 39.5 Å². The Balaban J connectivity index is 2.35. The van der Waals surface area contributed by atoms with Gasteiger partial charge in [0.2, 0.25) is 5.91 Å². The van der Waals surface area contributed by atoms with Gasteiger partial charge in [-0.2, -0.15) is 0 Å². The molecule has 108 valence electrons. The molecule has 0 aromatic heterocycles. The Morgan fingerprint density at radius 3 is 2.32 bits per heavy atom. The molecule has 1 rings (SSSR count). The molecule has 1 atom stereocenters. The summed E-state index contributed by atoms with van der Waals surface area (Å²) >= 11 is 0. The van der Waals surface area contributed by atoms with Crippen molar-refractivity contribution in [3.8, 4) is 0 Å². The molecule has 3 N–H and O–H groups in total. The number of rotatable bonds is 5. The third-order valence-electron chi connectivity index (χ3n) is 3.65. The van der Waals surface area contributed by atoms with Gasteiger partial charge in [-0.15, -0.1) is 0 Å². The molecule has 0 heterocycles. The lowest BCUT2D eigenvalue weighted by molar-refractivity contribution is -0.149. The van der Waals surface area contributed by atoms with Crippen molar-refractivity contribution < 1.29 is 19.5 Å². The van der Waals surface area contributed by atoms with E-state index in [1.165, 1.54) is 20.3 Å². The summed E-state index contributed by atoms with van der Waals surface area (Å²) in [5.41, 5.74) is -1.18. The first kappa shape index (κ1) is 15.5. The molecular formula is C13H22N2O4. The summed E-state index contributed by atoms with van der Waals surface area (Å²) in [6.45, 7) is 4.81. The molecule has 0 aliphatic heterocycles. The van der Waals surface area contributed by atoms with Gasteiger partial charge in [0, 0.05) is 12.5 Å². The molecule has 1 aliphatic carbocycles. The van der Waals surface area contributed by atoms with Gasteiger partial charge in [0.05, 0.1) is 5.41 Å². The van der Waals surface area contributed by atoms with Gasteiger partial charge in [0.15, 0.2) is 0 Å². The normalized spacial score (nSPS) is 17.2. The monoisotopic (exact) mass is 270 g/mol. The van der Waals surface area contributed by atoms with Crippen LogP contribution >= 0.6 is 0 Å². The van der Waals surface area contributed by atoms with Crippen LogP contribution in [-0.4, -0.2) is 29.1 Å². The van der Waals surface area contributed by atoms with Gasteiger partial charge in [0.25, 0.3) is 0 Å². The van der Waals surface area contributed by atoms with Crippen molar-refractivity contribution in [1.29, 1.82) is 0 Å². The Kier molecular flexibility index (Phi) is 4.91. The van der Waals surface area contributed by atoms with E-state index < -0.39 is 23.3 Å². The summed E-state index contributed by atoms with van der Waals surface area (Å²) in [7, 11) is 0. The summed E-state index contributed by atoms with van der Waals surface area (Å²) in [5, 5.41) is 13.8. The predicted molar refractivity (Wildman–Crippen MR) is 69.5 cm³/mol. The highest BCUT2D eigenvalue weighted by atomic mass is 16.4. The highest BCUT2D eigenvalue weighted by Crippen LogP contribution is 2.29. The van der Waals surface area contributed by atoms with E-state index in [1.807, 2.05) is 6.92 Å². The SMILES string of the molecule is CC(NC(=O)NC(=O)CC(C)(C)C(=O)O)C1CCC1. The second-order valence-corrected chi connectivity index (χ2v) is 5.87. The fourth-order valence-electron chi connectivity index (χ4n) is 1.95. The number of carboxylic acids is 1. The van der Waals surface area contributed by atoms with Crippen molar-refractivity contribution >= 4 is 17.9 Å². The maximum Gasteiger partial charge on any atom is 0.321 e. The highest BCUT2D eigenvalue weighted by molar-refractivity contribution is 5.96. The molecule has 0 saturated heterocycles. The third kappa shape index (κ3) is 4.54. The minimum atomic E-state index is -1.18. The van der Waals surface area contributed by atoms with Gasteiger partial charge < -0.3 is 10.4 Å². The molecule has 6 heteroatoms. The van der Waals surface area contributed by atoms with Crippen LogP contribution < -0.4 is 10.6 Å². The average molecular weight is 270 g/mol. The number of carbonyl (C=O) groups excluding carboxylic acids is 2. The van der Waals surface area contributed by atoms with E-state index in [-0.39, 0.29) is 12.5 Å². The van der Waals surface area contributed by atoms with Crippen LogP contribution in [0.15, 0.2) is 0 Å². The smallest absolute Gasteiger partial charge is 0.321 e. The lowest BCUT2D eigenvalue weighted by Gasteiger charge is -2.31. The molecule has 1 unspecified atom stereocenters. The molecule has 0 spiro atoms. The van der Waals surface area contributed by atoms with Gasteiger partial charge in [-0.25, -0.2) is 4.79 Å². The molecule has 6 nitrogen and oxygen atoms in total. The van der Waals surface area contributed by atoms with Crippen LogP contribution in [0.4, 0.5) is 4.79 Å². The van der Waals surface area contributed by atoms with Crippen LogP contribution in [0.3, 0.4) is 0 Å². The molecular weight excluding hydrogens is 248 g/mol. The van der Waals surface area contributed by atoms with E-state index in [1.54, 1.807) is 0 Å². The van der Waals surface area contributed by atoms with Crippen molar-refractivity contribution in [2.45, 2.75) is 52.5 Å². The molecule has 0 aromatic carbocycles. The Labute approximate surface area is 112 Å². The molecule has 3 amide bonds. The van der Waals surface area contributed by atoms with E-state index in [9.17, 15) is 14.4 Å². The second-order valence-electron chi connectivity index (χ2n) is 5.87. The van der Waals surface area contributed by atoms with Crippen molar-refractivity contribution in [3.63, 3.8) is 0 Å². The minimum Gasteiger partial charge on any atom is -0.481 e. The topological polar surface area (TPSA) is 95.5 Å². The number of urea groups is 1. The summed E-state index contributed by atoms with van der Waals surface area (Å²) in [5.74, 6) is -1.16. The zero-order valence-corrected chi connectivity index (χ0v) is 11.7. The predicted octanol–water partition coefficient (Wildman–Crippen LogP) is 1.50. The number of hydrogen-bond donors (Lipinski definition) is 3. The maximum atomic E-state index is 11.6. The standard InChI is InChI=1S/C13H22N2O4/c1-8(9-5-4-6-9)14-12(19)15-10(16)7-13(2,3)11(17)18/h8-9H,4-7H2,1-3H3,(H,17,18)(H2,14,15,16,19). The van der Waals surface area contributed by atoms with Crippen LogP contribution in [0, 0.1) is 11.3 Å². The van der Waals surface area contributed by atoms with E-state index in [2.05, 4.69) is 10.6 Å². The lowest BCUT2D eigenvalue weighted by atomic mass is 9.80. The lowest BCUT2D eigenvalue weighted by Crippen LogP contribution is -2.48. The van der Waals surface area contributed by atoms with E-state index in [0.29, 0.717) is 5.92 Å². The largest absolute Gasteiger partial charge is 0.481 e. The highest BCUT2D eigenvalue weighted by Gasteiger charge is 2.31. The zero-order valence-electron chi connectivity index (χ0n) is 11.7. The quantitative estimate of drug-likeness (QED) is 0.705. The Morgan fingerprint density at radius 1 is 1.32 bits per heavy atom. The fourth-order valence-corrected chi connectivity index (χ4v) is 1.95. The van der Waals surface area contributed by atoms with Crippen molar-refractivity contribution in [3.05, 3.63) is 0 Å². The maximum absolute atomic E-state index is 11.6. The Morgan fingerprint density at radius 2 is 1.89 bits per heavy atom. The van der Waals surface area contributed by atoms with Crippen LogP contribution in [0.2, 0.25) is 0 Å². The molecule has 19 heavy (non-hydrogen) atoms. The van der Waals surface area contributed by atoms with Gasteiger partial charge in [-0.3, -0.25) is 14.9 Å². The molecule has 0 aromatic rings. The van der Waals surface area contributed by atoms with Gasteiger partial charge in [-0.1, -0.05) is 6.42 Å². The molecule has 1 fully saturated rings. The van der Waals surface area contributed by atoms with Gasteiger partial charge >= 0.3 is 12.0 Å². The van der Waals surface area contributed by atoms with Crippen LogP contribution in [0.25, 0.3) is 0 Å². The molecule has 0 radical (unpaired) electrons. The number of carbonyl (C=O) groups is 3. The van der Waals surface area contributed by atoms with Crippen molar-refractivity contribution in [2.24, 2.45) is 11.3 Å². The summed E-state index contributed by atoms with van der Waals surface area (Å²) in [6, 6.07) is -0.514. The van der Waals surface area contributed by atoms with Crippen LogP contribution in [0.5, 0.6) is 0 Å². The van der Waals surface area contributed by atoms with Crippen molar-refractivity contribution in [1.82, 2.24) is 10.6 Å². The first-order valence-electron chi connectivity index (χ1n) is 6.56. The number of amides is 3. The summed E-state index contributed by atoms with van der Waals surface area (Å²) in [6.07, 6.45) is 3.15. The van der Waals surface area contributed by atoms with E-state index in [4.69, 9.17) is 5.11 Å². The van der Waals surface area contributed by atoms with Crippen LogP contribution in [-0.2, 0) is 9.59 Å². The summed E-state index contributed by atoms with van der Waals surface area (Å²) in [4.78, 5) is 34.0. The summed E-state index contributed by atoms with van der Waals surface area (Å²) < 4.78 is 0. The molecule has 1 saturated carbocycles. The number of aliphatic carboxylic acids is 1. The Bertz CT molecular complexity index is 375. The van der Waals surface area contributed by atoms with E-state index >= 15 is 0 Å². The second kappa shape index (κ2) is 6.04. The first-order chi connectivity index (χ1) is 8.72. The van der Waals surface area contributed by atoms with E-state index in [0.717, 1.165) is 12.8 Å². The number of nitrogens with one attached hydrogen (secondary N) is 2. The number of imide groups is 1. The molecule has 0 bridgehead atoms. The first-order valence-corrected chi connectivity index (χ1v) is 6.56. The minimum absolute atomic E-state index is 0.0361. The molecule has 1 aliphatic rings. The van der Waals surface area contributed by atoms with Crippen molar-refractivity contribution in [2.75, 3.05) is 0 Å². The number of hydrogen-bond acceptors (Lipinski definition) is 3.